The fourth-order valence-corrected chi connectivity index (χ4v) is 2.38. The van der Waals surface area contributed by atoms with Gasteiger partial charge < -0.3 is 5.73 Å². The van der Waals surface area contributed by atoms with Crippen LogP contribution in [0.5, 0.6) is 0 Å². The predicted molar refractivity (Wildman–Crippen MR) is 54.0 cm³/mol. The van der Waals surface area contributed by atoms with Crippen LogP contribution in [0.2, 0.25) is 0 Å². The molecule has 12 heavy (non-hydrogen) atoms. The smallest absolute Gasteiger partial charge is 0.00772 e. The Labute approximate surface area is 76.7 Å². The molecule has 1 unspecified atom stereocenters. The highest BCUT2D eigenvalue weighted by Crippen LogP contribution is 2.31. The highest BCUT2D eigenvalue weighted by atomic mass is 14.5. The zero-order valence-corrected chi connectivity index (χ0v) is 8.39. The number of rotatable bonds is 4. The molecule has 0 saturated heterocycles. The Morgan fingerprint density at radius 3 is 2.50 bits per heavy atom. The normalized spacial score (nSPS) is 22.5. The van der Waals surface area contributed by atoms with Gasteiger partial charge in [0.1, 0.15) is 0 Å². The predicted octanol–water partition coefficient (Wildman–Crippen LogP) is 2.94. The third-order valence-electron chi connectivity index (χ3n) is 3.32. The Morgan fingerprint density at radius 1 is 1.25 bits per heavy atom. The van der Waals surface area contributed by atoms with E-state index >= 15 is 0 Å². The lowest BCUT2D eigenvalue weighted by Gasteiger charge is -2.27. The summed E-state index contributed by atoms with van der Waals surface area (Å²) < 4.78 is 0. The average Bonchev–Trinajstić information content (AvgIpc) is 2.15. The summed E-state index contributed by atoms with van der Waals surface area (Å²) in [6, 6.07) is 0. The highest BCUT2D eigenvalue weighted by molar-refractivity contribution is 4.71. The molecule has 0 bridgehead atoms. The fourth-order valence-electron chi connectivity index (χ4n) is 2.38. The van der Waals surface area contributed by atoms with Gasteiger partial charge >= 0.3 is 0 Å². The van der Waals surface area contributed by atoms with Gasteiger partial charge in [0.15, 0.2) is 0 Å². The SMILES string of the molecule is CC(CCCN)C1CCCCC1. The maximum atomic E-state index is 5.51. The monoisotopic (exact) mass is 169 g/mol. The molecule has 1 atom stereocenters. The summed E-state index contributed by atoms with van der Waals surface area (Å²) in [7, 11) is 0. The zero-order valence-electron chi connectivity index (χ0n) is 8.39. The lowest BCUT2D eigenvalue weighted by molar-refractivity contribution is 0.250. The van der Waals surface area contributed by atoms with E-state index in [0.717, 1.165) is 18.4 Å². The molecule has 0 amide bonds. The molecule has 0 spiro atoms. The van der Waals surface area contributed by atoms with Gasteiger partial charge in [-0.1, -0.05) is 39.0 Å². The molecule has 1 heteroatoms. The fraction of sp³-hybridized carbons (Fsp3) is 1.00. The molecule has 0 aromatic carbocycles. The summed E-state index contributed by atoms with van der Waals surface area (Å²) in [4.78, 5) is 0. The van der Waals surface area contributed by atoms with Crippen molar-refractivity contribution in [3.8, 4) is 0 Å². The summed E-state index contributed by atoms with van der Waals surface area (Å²) in [5, 5.41) is 0. The van der Waals surface area contributed by atoms with Crippen molar-refractivity contribution in [2.45, 2.75) is 51.9 Å². The lowest BCUT2D eigenvalue weighted by Crippen LogP contribution is -2.16. The first-order valence-electron chi connectivity index (χ1n) is 5.54. The molecular formula is C11H23N. The minimum absolute atomic E-state index is 0.872. The first-order chi connectivity index (χ1) is 5.84. The molecule has 1 aliphatic carbocycles. The van der Waals surface area contributed by atoms with Crippen LogP contribution in [0.25, 0.3) is 0 Å². The summed E-state index contributed by atoms with van der Waals surface area (Å²) in [6.45, 7) is 3.28. The topological polar surface area (TPSA) is 26.0 Å². The van der Waals surface area contributed by atoms with E-state index in [9.17, 15) is 0 Å². The van der Waals surface area contributed by atoms with Crippen LogP contribution in [0.4, 0.5) is 0 Å². The molecule has 1 nitrogen and oxygen atoms in total. The molecule has 0 heterocycles. The van der Waals surface area contributed by atoms with Gasteiger partial charge in [0, 0.05) is 0 Å². The molecule has 1 aliphatic rings. The number of nitrogens with two attached hydrogens (primary N) is 1. The van der Waals surface area contributed by atoms with Crippen molar-refractivity contribution in [1.29, 1.82) is 0 Å². The molecule has 1 rings (SSSR count). The average molecular weight is 169 g/mol. The molecule has 1 saturated carbocycles. The van der Waals surface area contributed by atoms with Crippen molar-refractivity contribution in [3.63, 3.8) is 0 Å². The van der Waals surface area contributed by atoms with Crippen molar-refractivity contribution in [2.24, 2.45) is 17.6 Å². The van der Waals surface area contributed by atoms with Crippen LogP contribution >= 0.6 is 0 Å². The van der Waals surface area contributed by atoms with E-state index in [1.165, 1.54) is 44.9 Å². The van der Waals surface area contributed by atoms with Crippen LogP contribution in [0.15, 0.2) is 0 Å². The van der Waals surface area contributed by atoms with Crippen LogP contribution in [0.1, 0.15) is 51.9 Å². The van der Waals surface area contributed by atoms with Crippen molar-refractivity contribution < 1.29 is 0 Å². The molecule has 72 valence electrons. The van der Waals surface area contributed by atoms with Gasteiger partial charge in [-0.05, 0) is 31.2 Å². The zero-order chi connectivity index (χ0) is 8.81. The Morgan fingerprint density at radius 2 is 1.92 bits per heavy atom. The van der Waals surface area contributed by atoms with E-state index in [-0.39, 0.29) is 0 Å². The van der Waals surface area contributed by atoms with Gasteiger partial charge in [-0.25, -0.2) is 0 Å². The molecule has 0 aromatic rings. The van der Waals surface area contributed by atoms with Crippen molar-refractivity contribution in [2.75, 3.05) is 6.54 Å². The Balaban J connectivity index is 2.15. The Bertz CT molecular complexity index is 106. The molecule has 0 aliphatic heterocycles. The maximum Gasteiger partial charge on any atom is -0.00772 e. The summed E-state index contributed by atoms with van der Waals surface area (Å²) in [6.07, 6.45) is 9.94. The Hall–Kier alpha value is -0.0400. The summed E-state index contributed by atoms with van der Waals surface area (Å²) in [5.41, 5.74) is 5.51. The minimum Gasteiger partial charge on any atom is -0.330 e. The quantitative estimate of drug-likeness (QED) is 0.688. The molecule has 0 aromatic heterocycles. The van der Waals surface area contributed by atoms with Crippen LogP contribution in [0, 0.1) is 11.8 Å². The first kappa shape index (κ1) is 10.0. The highest BCUT2D eigenvalue weighted by Gasteiger charge is 2.18. The summed E-state index contributed by atoms with van der Waals surface area (Å²) >= 11 is 0. The Kier molecular flexibility index (Phi) is 4.67. The molecule has 2 N–H and O–H groups in total. The van der Waals surface area contributed by atoms with Crippen LogP contribution in [0.3, 0.4) is 0 Å². The van der Waals surface area contributed by atoms with E-state index in [0.29, 0.717) is 0 Å². The molecule has 0 radical (unpaired) electrons. The summed E-state index contributed by atoms with van der Waals surface area (Å²) in [5.74, 6) is 1.94. The molecular weight excluding hydrogens is 146 g/mol. The van der Waals surface area contributed by atoms with E-state index in [1.807, 2.05) is 0 Å². The second kappa shape index (κ2) is 5.58. The van der Waals surface area contributed by atoms with E-state index in [1.54, 1.807) is 0 Å². The van der Waals surface area contributed by atoms with Gasteiger partial charge in [0.2, 0.25) is 0 Å². The second-order valence-electron chi connectivity index (χ2n) is 4.31. The number of hydrogen-bond donors (Lipinski definition) is 1. The van der Waals surface area contributed by atoms with Gasteiger partial charge in [-0.3, -0.25) is 0 Å². The van der Waals surface area contributed by atoms with Gasteiger partial charge in [-0.15, -0.1) is 0 Å². The standard InChI is InChI=1S/C11H23N/c1-10(6-5-9-12)11-7-3-2-4-8-11/h10-11H,2-9,12H2,1H3. The van der Waals surface area contributed by atoms with Crippen LogP contribution in [-0.4, -0.2) is 6.54 Å². The van der Waals surface area contributed by atoms with Crippen molar-refractivity contribution in [1.82, 2.24) is 0 Å². The third kappa shape index (κ3) is 3.14. The minimum atomic E-state index is 0.872. The van der Waals surface area contributed by atoms with E-state index in [2.05, 4.69) is 6.92 Å². The first-order valence-corrected chi connectivity index (χ1v) is 5.54. The van der Waals surface area contributed by atoms with Crippen molar-refractivity contribution in [3.05, 3.63) is 0 Å². The third-order valence-corrected chi connectivity index (χ3v) is 3.32. The van der Waals surface area contributed by atoms with Gasteiger partial charge in [0.25, 0.3) is 0 Å². The van der Waals surface area contributed by atoms with Gasteiger partial charge in [-0.2, -0.15) is 0 Å². The van der Waals surface area contributed by atoms with Crippen molar-refractivity contribution >= 4 is 0 Å². The van der Waals surface area contributed by atoms with Crippen LogP contribution in [-0.2, 0) is 0 Å². The van der Waals surface area contributed by atoms with E-state index < -0.39 is 0 Å². The lowest BCUT2D eigenvalue weighted by atomic mass is 9.79. The largest absolute Gasteiger partial charge is 0.330 e. The van der Waals surface area contributed by atoms with Crippen LogP contribution < -0.4 is 5.73 Å². The number of hydrogen-bond acceptors (Lipinski definition) is 1. The van der Waals surface area contributed by atoms with E-state index in [4.69, 9.17) is 5.73 Å². The van der Waals surface area contributed by atoms with Gasteiger partial charge in [0.05, 0.1) is 0 Å². The molecule has 1 fully saturated rings. The second-order valence-corrected chi connectivity index (χ2v) is 4.31. The maximum absolute atomic E-state index is 5.51.